The molecule has 1 amide bonds. The lowest BCUT2D eigenvalue weighted by Crippen LogP contribution is -2.35. The first-order valence-corrected chi connectivity index (χ1v) is 9.38. The number of rotatable bonds is 7. The molecule has 2 aromatic rings. The molecule has 0 bridgehead atoms. The lowest BCUT2D eigenvalue weighted by atomic mass is 10.2. The van der Waals surface area contributed by atoms with Crippen LogP contribution >= 0.6 is 0 Å². The standard InChI is InChI=1S/C18H26N6O2/c1-2-6-15-20-17(26-22-15)8-3-9-18(25)24-12-5-11-23(13-14-24)16-7-4-10-19-21-16/h4,7,10H,2-3,5-6,8-9,11-14H2,1H3. The summed E-state index contributed by atoms with van der Waals surface area (Å²) >= 11 is 0. The number of anilines is 1. The van der Waals surface area contributed by atoms with E-state index in [2.05, 4.69) is 32.2 Å². The van der Waals surface area contributed by atoms with Crippen LogP contribution in [0.1, 0.15) is 44.3 Å². The number of nitrogens with zero attached hydrogens (tertiary/aromatic N) is 6. The summed E-state index contributed by atoms with van der Waals surface area (Å²) in [5.41, 5.74) is 0. The molecule has 0 spiro atoms. The number of hydrogen-bond acceptors (Lipinski definition) is 7. The number of aryl methyl sites for hydroxylation is 2. The van der Waals surface area contributed by atoms with Crippen LogP contribution in [0.3, 0.4) is 0 Å². The molecule has 0 unspecified atom stereocenters. The maximum absolute atomic E-state index is 12.5. The summed E-state index contributed by atoms with van der Waals surface area (Å²) in [5, 5.41) is 12.0. The summed E-state index contributed by atoms with van der Waals surface area (Å²) in [6.07, 6.45) is 6.34. The van der Waals surface area contributed by atoms with Crippen molar-refractivity contribution in [3.63, 3.8) is 0 Å². The molecule has 2 aromatic heterocycles. The van der Waals surface area contributed by atoms with E-state index in [1.807, 2.05) is 17.0 Å². The fraction of sp³-hybridized carbons (Fsp3) is 0.611. The Labute approximate surface area is 153 Å². The second-order valence-corrected chi connectivity index (χ2v) is 6.51. The van der Waals surface area contributed by atoms with Gasteiger partial charge in [-0.25, -0.2) is 0 Å². The van der Waals surface area contributed by atoms with E-state index in [0.29, 0.717) is 18.7 Å². The van der Waals surface area contributed by atoms with Gasteiger partial charge in [0, 0.05) is 51.6 Å². The summed E-state index contributed by atoms with van der Waals surface area (Å²) in [5.74, 6) is 2.46. The third kappa shape index (κ3) is 5.00. The van der Waals surface area contributed by atoms with Crippen LogP contribution in [0.25, 0.3) is 0 Å². The largest absolute Gasteiger partial charge is 0.353 e. The average Bonchev–Trinajstić information content (AvgIpc) is 2.96. The number of amides is 1. The van der Waals surface area contributed by atoms with Crippen molar-refractivity contribution in [1.82, 2.24) is 25.2 Å². The molecule has 3 heterocycles. The molecule has 0 atom stereocenters. The number of aromatic nitrogens is 4. The van der Waals surface area contributed by atoms with Gasteiger partial charge >= 0.3 is 0 Å². The van der Waals surface area contributed by atoms with Crippen LogP contribution in [0.4, 0.5) is 5.82 Å². The molecule has 1 aliphatic heterocycles. The van der Waals surface area contributed by atoms with E-state index in [-0.39, 0.29) is 5.91 Å². The van der Waals surface area contributed by atoms with Crippen molar-refractivity contribution in [2.45, 2.75) is 45.4 Å². The van der Waals surface area contributed by atoms with Gasteiger partial charge in [0.25, 0.3) is 0 Å². The van der Waals surface area contributed by atoms with Crippen LogP contribution in [0.5, 0.6) is 0 Å². The Morgan fingerprint density at radius 2 is 2.15 bits per heavy atom. The highest BCUT2D eigenvalue weighted by molar-refractivity contribution is 5.76. The Kier molecular flexibility index (Phi) is 6.51. The van der Waals surface area contributed by atoms with E-state index in [0.717, 1.165) is 63.5 Å². The zero-order valence-corrected chi connectivity index (χ0v) is 15.3. The highest BCUT2D eigenvalue weighted by Gasteiger charge is 2.20. The molecule has 1 saturated heterocycles. The number of carbonyl (C=O) groups excluding carboxylic acids is 1. The number of hydrogen-bond donors (Lipinski definition) is 0. The maximum Gasteiger partial charge on any atom is 0.226 e. The van der Waals surface area contributed by atoms with Gasteiger partial charge in [0.05, 0.1) is 0 Å². The summed E-state index contributed by atoms with van der Waals surface area (Å²) in [7, 11) is 0. The SMILES string of the molecule is CCCc1noc(CCCC(=O)N2CCCN(c3cccnn3)CC2)n1. The zero-order chi connectivity index (χ0) is 18.2. The van der Waals surface area contributed by atoms with Gasteiger partial charge in [-0.2, -0.15) is 10.1 Å². The van der Waals surface area contributed by atoms with Crippen LogP contribution < -0.4 is 4.90 Å². The molecule has 8 nitrogen and oxygen atoms in total. The molecule has 1 fully saturated rings. The smallest absolute Gasteiger partial charge is 0.226 e. The second-order valence-electron chi connectivity index (χ2n) is 6.51. The molecule has 0 aromatic carbocycles. The first-order valence-electron chi connectivity index (χ1n) is 9.38. The summed E-state index contributed by atoms with van der Waals surface area (Å²) in [4.78, 5) is 21.0. The minimum Gasteiger partial charge on any atom is -0.353 e. The molecule has 0 saturated carbocycles. The summed E-state index contributed by atoms with van der Waals surface area (Å²) in [6, 6.07) is 3.85. The highest BCUT2D eigenvalue weighted by Crippen LogP contribution is 2.13. The zero-order valence-electron chi connectivity index (χ0n) is 15.3. The predicted molar refractivity (Wildman–Crippen MR) is 96.7 cm³/mol. The average molecular weight is 358 g/mol. The Hall–Kier alpha value is -2.51. The van der Waals surface area contributed by atoms with Gasteiger partial charge in [-0.1, -0.05) is 12.1 Å². The van der Waals surface area contributed by atoms with Crippen molar-refractivity contribution in [1.29, 1.82) is 0 Å². The van der Waals surface area contributed by atoms with Crippen molar-refractivity contribution in [2.24, 2.45) is 0 Å². The molecule has 0 aliphatic carbocycles. The van der Waals surface area contributed by atoms with Crippen molar-refractivity contribution in [3.8, 4) is 0 Å². The lowest BCUT2D eigenvalue weighted by Gasteiger charge is -2.22. The van der Waals surface area contributed by atoms with Crippen LogP contribution in [-0.2, 0) is 17.6 Å². The third-order valence-corrected chi connectivity index (χ3v) is 4.50. The van der Waals surface area contributed by atoms with Crippen LogP contribution in [0.2, 0.25) is 0 Å². The topological polar surface area (TPSA) is 88.3 Å². The monoisotopic (exact) mass is 358 g/mol. The van der Waals surface area contributed by atoms with Crippen molar-refractivity contribution in [2.75, 3.05) is 31.1 Å². The van der Waals surface area contributed by atoms with E-state index in [1.165, 1.54) is 0 Å². The predicted octanol–water partition coefficient (Wildman–Crippen LogP) is 1.87. The van der Waals surface area contributed by atoms with Gasteiger partial charge in [-0.15, -0.1) is 5.10 Å². The van der Waals surface area contributed by atoms with E-state index >= 15 is 0 Å². The van der Waals surface area contributed by atoms with Crippen LogP contribution in [-0.4, -0.2) is 57.3 Å². The Morgan fingerprint density at radius 3 is 2.96 bits per heavy atom. The van der Waals surface area contributed by atoms with Crippen LogP contribution in [0.15, 0.2) is 22.9 Å². The maximum atomic E-state index is 12.5. The Bertz CT molecular complexity index is 690. The molecule has 140 valence electrons. The van der Waals surface area contributed by atoms with Gasteiger partial charge in [-0.05, 0) is 31.4 Å². The van der Waals surface area contributed by atoms with Gasteiger partial charge in [0.15, 0.2) is 11.6 Å². The minimum atomic E-state index is 0.194. The molecular weight excluding hydrogens is 332 g/mol. The van der Waals surface area contributed by atoms with Crippen LogP contribution in [0, 0.1) is 0 Å². The third-order valence-electron chi connectivity index (χ3n) is 4.50. The fourth-order valence-electron chi connectivity index (χ4n) is 3.12. The quantitative estimate of drug-likeness (QED) is 0.746. The molecule has 8 heteroatoms. The molecule has 26 heavy (non-hydrogen) atoms. The van der Waals surface area contributed by atoms with Crippen molar-refractivity contribution >= 4 is 11.7 Å². The van der Waals surface area contributed by atoms with Gasteiger partial charge < -0.3 is 14.3 Å². The Morgan fingerprint density at radius 1 is 1.23 bits per heavy atom. The lowest BCUT2D eigenvalue weighted by molar-refractivity contribution is -0.131. The van der Waals surface area contributed by atoms with E-state index < -0.39 is 0 Å². The molecule has 0 N–H and O–H groups in total. The van der Waals surface area contributed by atoms with Gasteiger partial charge in [-0.3, -0.25) is 4.79 Å². The second kappa shape index (κ2) is 9.26. The van der Waals surface area contributed by atoms with E-state index in [4.69, 9.17) is 4.52 Å². The highest BCUT2D eigenvalue weighted by atomic mass is 16.5. The number of carbonyl (C=O) groups is 1. The minimum absolute atomic E-state index is 0.194. The van der Waals surface area contributed by atoms with Crippen molar-refractivity contribution < 1.29 is 9.32 Å². The summed E-state index contributed by atoms with van der Waals surface area (Å²) in [6.45, 7) is 5.27. The molecule has 0 radical (unpaired) electrons. The van der Waals surface area contributed by atoms with Crippen molar-refractivity contribution in [3.05, 3.63) is 30.0 Å². The molecular formula is C18H26N6O2. The first-order chi connectivity index (χ1) is 12.8. The van der Waals surface area contributed by atoms with Gasteiger partial charge in [0.1, 0.15) is 0 Å². The molecule has 1 aliphatic rings. The summed E-state index contributed by atoms with van der Waals surface area (Å²) < 4.78 is 5.22. The van der Waals surface area contributed by atoms with E-state index in [9.17, 15) is 4.79 Å². The van der Waals surface area contributed by atoms with Gasteiger partial charge in [0.2, 0.25) is 11.8 Å². The van der Waals surface area contributed by atoms with E-state index in [1.54, 1.807) is 6.20 Å². The Balaban J connectivity index is 1.43. The molecule has 3 rings (SSSR count). The fourth-order valence-corrected chi connectivity index (χ4v) is 3.12. The normalized spacial score (nSPS) is 15.1. The first kappa shape index (κ1) is 18.3.